The number of hydrogen-bond donors (Lipinski definition) is 1. The Kier molecular flexibility index (Phi) is 5.46. The summed E-state index contributed by atoms with van der Waals surface area (Å²) in [5, 5.41) is 2.88. The number of anilines is 1. The number of hydrogen-bond acceptors (Lipinski definition) is 4. The van der Waals surface area contributed by atoms with Gasteiger partial charge in [0.05, 0.1) is 33.4 Å². The zero-order valence-electron chi connectivity index (χ0n) is 13.8. The molecule has 0 atom stereocenters. The summed E-state index contributed by atoms with van der Waals surface area (Å²) in [7, 11) is 4.76. The number of ether oxygens (including phenoxy) is 3. The summed E-state index contributed by atoms with van der Waals surface area (Å²) in [6.45, 7) is 1.88. The van der Waals surface area contributed by atoms with Gasteiger partial charge in [-0.1, -0.05) is 18.2 Å². The molecule has 0 aliphatic rings. The van der Waals surface area contributed by atoms with Crippen LogP contribution in [-0.4, -0.2) is 27.2 Å². The molecule has 1 amide bonds. The van der Waals surface area contributed by atoms with E-state index in [0.717, 1.165) is 11.1 Å². The van der Waals surface area contributed by atoms with E-state index in [4.69, 9.17) is 14.2 Å². The number of para-hydroxylation sites is 1. The zero-order valence-corrected chi connectivity index (χ0v) is 13.8. The maximum atomic E-state index is 12.3. The molecule has 2 rings (SSSR count). The fourth-order valence-electron chi connectivity index (χ4n) is 2.47. The van der Waals surface area contributed by atoms with Crippen LogP contribution < -0.4 is 19.5 Å². The lowest BCUT2D eigenvalue weighted by atomic mass is 10.1. The topological polar surface area (TPSA) is 56.8 Å². The lowest BCUT2D eigenvalue weighted by Gasteiger charge is -2.15. The average Bonchev–Trinajstić information content (AvgIpc) is 2.55. The Hall–Kier alpha value is -2.69. The summed E-state index contributed by atoms with van der Waals surface area (Å²) < 4.78 is 15.9. The highest BCUT2D eigenvalue weighted by Gasteiger charge is 2.14. The van der Waals surface area contributed by atoms with E-state index in [0.29, 0.717) is 22.9 Å². The predicted octanol–water partition coefficient (Wildman–Crippen LogP) is 3.20. The summed E-state index contributed by atoms with van der Waals surface area (Å²) >= 11 is 0. The molecule has 0 saturated heterocycles. The number of amides is 1. The third-order valence-electron chi connectivity index (χ3n) is 3.60. The number of methoxy groups -OCH3 is 3. The Labute approximate surface area is 136 Å². The Morgan fingerprint density at radius 3 is 2.30 bits per heavy atom. The zero-order chi connectivity index (χ0) is 16.8. The monoisotopic (exact) mass is 315 g/mol. The van der Waals surface area contributed by atoms with Gasteiger partial charge in [-0.25, -0.2) is 0 Å². The van der Waals surface area contributed by atoms with Crippen molar-refractivity contribution in [1.29, 1.82) is 0 Å². The maximum absolute atomic E-state index is 12.3. The second kappa shape index (κ2) is 7.54. The van der Waals surface area contributed by atoms with E-state index >= 15 is 0 Å². The number of benzene rings is 2. The van der Waals surface area contributed by atoms with E-state index in [1.54, 1.807) is 33.5 Å². The summed E-state index contributed by atoms with van der Waals surface area (Å²) in [6.07, 6.45) is 0.220. The number of nitrogens with one attached hydrogen (secondary N) is 1. The summed E-state index contributed by atoms with van der Waals surface area (Å²) in [5.41, 5.74) is 2.28. The van der Waals surface area contributed by atoms with Gasteiger partial charge < -0.3 is 19.5 Å². The highest BCUT2D eigenvalue weighted by Crippen LogP contribution is 2.35. The van der Waals surface area contributed by atoms with Gasteiger partial charge in [-0.2, -0.15) is 0 Å². The molecule has 1 N–H and O–H groups in total. The Morgan fingerprint density at radius 2 is 1.65 bits per heavy atom. The minimum Gasteiger partial charge on any atom is -0.496 e. The fourth-order valence-corrected chi connectivity index (χ4v) is 2.47. The lowest BCUT2D eigenvalue weighted by Crippen LogP contribution is -2.16. The van der Waals surface area contributed by atoms with Crippen LogP contribution in [0.5, 0.6) is 17.2 Å². The molecule has 2 aromatic rings. The van der Waals surface area contributed by atoms with Crippen molar-refractivity contribution in [2.45, 2.75) is 13.3 Å². The largest absolute Gasteiger partial charge is 0.496 e. The van der Waals surface area contributed by atoms with Crippen LogP contribution in [0.4, 0.5) is 5.69 Å². The van der Waals surface area contributed by atoms with Gasteiger partial charge in [0.1, 0.15) is 17.2 Å². The Morgan fingerprint density at radius 1 is 0.957 bits per heavy atom. The first-order valence-electron chi connectivity index (χ1n) is 7.24. The van der Waals surface area contributed by atoms with Crippen LogP contribution in [0, 0.1) is 6.92 Å². The highest BCUT2D eigenvalue weighted by atomic mass is 16.5. The van der Waals surface area contributed by atoms with Crippen molar-refractivity contribution >= 4 is 11.6 Å². The normalized spacial score (nSPS) is 10.1. The molecule has 0 unspecified atom stereocenters. The van der Waals surface area contributed by atoms with Crippen LogP contribution in [-0.2, 0) is 11.2 Å². The van der Waals surface area contributed by atoms with E-state index in [1.807, 2.05) is 31.2 Å². The molecule has 0 heterocycles. The first kappa shape index (κ1) is 16.7. The van der Waals surface area contributed by atoms with Crippen molar-refractivity contribution in [2.24, 2.45) is 0 Å². The van der Waals surface area contributed by atoms with E-state index in [1.165, 1.54) is 0 Å². The number of carbonyl (C=O) groups is 1. The van der Waals surface area contributed by atoms with Crippen LogP contribution in [0.15, 0.2) is 36.4 Å². The second-order valence-electron chi connectivity index (χ2n) is 5.01. The molecule has 0 radical (unpaired) electrons. The molecule has 122 valence electrons. The van der Waals surface area contributed by atoms with Crippen LogP contribution in [0.3, 0.4) is 0 Å². The summed E-state index contributed by atoms with van der Waals surface area (Å²) in [4.78, 5) is 12.3. The third kappa shape index (κ3) is 3.74. The minimum atomic E-state index is -0.141. The first-order valence-corrected chi connectivity index (χ1v) is 7.24. The molecule has 0 spiro atoms. The van der Waals surface area contributed by atoms with Crippen molar-refractivity contribution in [3.05, 3.63) is 47.5 Å². The molecule has 2 aromatic carbocycles. The van der Waals surface area contributed by atoms with Gasteiger partial charge in [-0.3, -0.25) is 4.79 Å². The van der Waals surface area contributed by atoms with Gasteiger partial charge in [0.15, 0.2) is 0 Å². The second-order valence-corrected chi connectivity index (χ2v) is 5.01. The number of carbonyl (C=O) groups excluding carboxylic acids is 1. The van der Waals surface area contributed by atoms with Crippen molar-refractivity contribution < 1.29 is 19.0 Å². The van der Waals surface area contributed by atoms with Crippen LogP contribution in [0.25, 0.3) is 0 Å². The predicted molar refractivity (Wildman–Crippen MR) is 89.6 cm³/mol. The minimum absolute atomic E-state index is 0.141. The van der Waals surface area contributed by atoms with E-state index < -0.39 is 0 Å². The Balaban J connectivity index is 2.19. The third-order valence-corrected chi connectivity index (χ3v) is 3.60. The van der Waals surface area contributed by atoms with Crippen molar-refractivity contribution in [3.63, 3.8) is 0 Å². The van der Waals surface area contributed by atoms with Crippen LogP contribution in [0.2, 0.25) is 0 Å². The van der Waals surface area contributed by atoms with E-state index in [-0.39, 0.29) is 12.3 Å². The van der Waals surface area contributed by atoms with Gasteiger partial charge in [0.25, 0.3) is 0 Å². The van der Waals surface area contributed by atoms with Gasteiger partial charge in [-0.15, -0.1) is 0 Å². The summed E-state index contributed by atoms with van der Waals surface area (Å²) in [5.74, 6) is 1.86. The van der Waals surface area contributed by atoms with Crippen molar-refractivity contribution in [2.75, 3.05) is 26.6 Å². The molecular weight excluding hydrogens is 294 g/mol. The standard InChI is InChI=1S/C18H21NO4/c1-12-15(21-2)10-9-14(18(12)23-4)19-17(20)11-13-7-5-6-8-16(13)22-3/h5-10H,11H2,1-4H3,(H,19,20). The molecule has 0 bridgehead atoms. The molecular formula is C18H21NO4. The molecule has 0 aliphatic carbocycles. The number of rotatable bonds is 6. The molecule has 5 nitrogen and oxygen atoms in total. The molecule has 0 aromatic heterocycles. The average molecular weight is 315 g/mol. The van der Waals surface area contributed by atoms with Gasteiger partial charge in [0, 0.05) is 11.1 Å². The summed E-state index contributed by atoms with van der Waals surface area (Å²) in [6, 6.07) is 11.0. The van der Waals surface area contributed by atoms with E-state index in [9.17, 15) is 4.79 Å². The quantitative estimate of drug-likeness (QED) is 0.889. The molecule has 0 saturated carbocycles. The smallest absolute Gasteiger partial charge is 0.229 e. The van der Waals surface area contributed by atoms with Crippen LogP contribution >= 0.6 is 0 Å². The van der Waals surface area contributed by atoms with Crippen molar-refractivity contribution in [1.82, 2.24) is 0 Å². The Bertz CT molecular complexity index is 697. The van der Waals surface area contributed by atoms with Crippen LogP contribution in [0.1, 0.15) is 11.1 Å². The SMILES string of the molecule is COc1ccccc1CC(=O)Nc1ccc(OC)c(C)c1OC. The molecule has 23 heavy (non-hydrogen) atoms. The fraction of sp³-hybridized carbons (Fsp3) is 0.278. The van der Waals surface area contributed by atoms with Gasteiger partial charge >= 0.3 is 0 Å². The lowest BCUT2D eigenvalue weighted by molar-refractivity contribution is -0.115. The van der Waals surface area contributed by atoms with E-state index in [2.05, 4.69) is 5.32 Å². The van der Waals surface area contributed by atoms with Gasteiger partial charge in [-0.05, 0) is 25.1 Å². The molecule has 0 fully saturated rings. The first-order chi connectivity index (χ1) is 11.1. The van der Waals surface area contributed by atoms with Crippen molar-refractivity contribution in [3.8, 4) is 17.2 Å². The van der Waals surface area contributed by atoms with Gasteiger partial charge in [0.2, 0.25) is 5.91 Å². The molecule has 5 heteroatoms. The highest BCUT2D eigenvalue weighted by molar-refractivity contribution is 5.94. The molecule has 0 aliphatic heterocycles. The maximum Gasteiger partial charge on any atom is 0.229 e.